The monoisotopic (exact) mass is 242 g/mol. The molecule has 3 nitrogen and oxygen atoms in total. The topological polar surface area (TPSA) is 36.4 Å². The van der Waals surface area contributed by atoms with Gasteiger partial charge in [-0.1, -0.05) is 6.92 Å². The first-order chi connectivity index (χ1) is 7.76. The molecule has 1 heterocycles. The van der Waals surface area contributed by atoms with E-state index in [0.717, 1.165) is 38.8 Å². The lowest BCUT2D eigenvalue weighted by atomic mass is 10.2. The molecule has 0 unspecified atom stereocenters. The molecule has 0 amide bonds. The molecular formula is C12H22N2OS. The standard InChI is InChI=1S/C12H22N2OS/c1-3-11-9-13-12(16-11)10-14(2)7-5-4-6-8-15/h9,15H,3-8,10H2,1-2H3. The number of thiazole rings is 1. The second kappa shape index (κ2) is 7.76. The van der Waals surface area contributed by atoms with Crippen molar-refractivity contribution in [3.05, 3.63) is 16.1 Å². The Labute approximate surface area is 102 Å². The van der Waals surface area contributed by atoms with Crippen molar-refractivity contribution in [1.82, 2.24) is 9.88 Å². The maximum absolute atomic E-state index is 8.67. The Bertz CT molecular complexity index is 288. The fraction of sp³-hybridized carbons (Fsp3) is 0.750. The van der Waals surface area contributed by atoms with Gasteiger partial charge in [0.05, 0.1) is 6.54 Å². The normalized spacial score (nSPS) is 11.2. The molecule has 0 aliphatic carbocycles. The summed E-state index contributed by atoms with van der Waals surface area (Å²) in [6.45, 7) is 4.51. The molecule has 0 saturated heterocycles. The third-order valence-corrected chi connectivity index (χ3v) is 3.68. The first-order valence-corrected chi connectivity index (χ1v) is 6.81. The van der Waals surface area contributed by atoms with Crippen molar-refractivity contribution in [1.29, 1.82) is 0 Å². The molecule has 1 aromatic rings. The van der Waals surface area contributed by atoms with Crippen molar-refractivity contribution in [3.8, 4) is 0 Å². The van der Waals surface area contributed by atoms with E-state index < -0.39 is 0 Å². The Morgan fingerprint density at radius 2 is 2.19 bits per heavy atom. The largest absolute Gasteiger partial charge is 0.396 e. The lowest BCUT2D eigenvalue weighted by molar-refractivity contribution is 0.271. The molecule has 4 heteroatoms. The third kappa shape index (κ3) is 5.05. The van der Waals surface area contributed by atoms with E-state index in [1.165, 1.54) is 9.88 Å². The number of aromatic nitrogens is 1. The van der Waals surface area contributed by atoms with E-state index in [4.69, 9.17) is 5.11 Å². The van der Waals surface area contributed by atoms with Crippen molar-refractivity contribution >= 4 is 11.3 Å². The number of unbranched alkanes of at least 4 members (excludes halogenated alkanes) is 2. The average molecular weight is 242 g/mol. The van der Waals surface area contributed by atoms with Gasteiger partial charge in [0.2, 0.25) is 0 Å². The Hall–Kier alpha value is -0.450. The van der Waals surface area contributed by atoms with E-state index in [1.807, 2.05) is 17.5 Å². The van der Waals surface area contributed by atoms with Gasteiger partial charge in [0, 0.05) is 17.7 Å². The molecule has 0 saturated carbocycles. The van der Waals surface area contributed by atoms with Crippen LogP contribution in [0, 0.1) is 0 Å². The van der Waals surface area contributed by atoms with Crippen LogP contribution in [0.15, 0.2) is 6.20 Å². The van der Waals surface area contributed by atoms with Crippen molar-refractivity contribution in [2.24, 2.45) is 0 Å². The van der Waals surface area contributed by atoms with Gasteiger partial charge in [-0.3, -0.25) is 4.90 Å². The van der Waals surface area contributed by atoms with Crippen molar-refractivity contribution < 1.29 is 5.11 Å². The fourth-order valence-electron chi connectivity index (χ4n) is 1.56. The predicted molar refractivity (Wildman–Crippen MR) is 68.8 cm³/mol. The third-order valence-electron chi connectivity index (χ3n) is 2.55. The molecule has 0 fully saturated rings. The number of nitrogens with zero attached hydrogens (tertiary/aromatic N) is 2. The minimum absolute atomic E-state index is 0.316. The molecule has 16 heavy (non-hydrogen) atoms. The summed E-state index contributed by atoms with van der Waals surface area (Å²) in [7, 11) is 2.13. The summed E-state index contributed by atoms with van der Waals surface area (Å²) in [6, 6.07) is 0. The maximum Gasteiger partial charge on any atom is 0.107 e. The highest BCUT2D eigenvalue weighted by molar-refractivity contribution is 7.11. The van der Waals surface area contributed by atoms with Crippen molar-refractivity contribution in [2.45, 2.75) is 39.2 Å². The molecule has 0 radical (unpaired) electrons. The van der Waals surface area contributed by atoms with Gasteiger partial charge in [-0.25, -0.2) is 4.98 Å². The average Bonchev–Trinajstić information content (AvgIpc) is 2.72. The van der Waals surface area contributed by atoms with Crippen LogP contribution in [0.2, 0.25) is 0 Å². The van der Waals surface area contributed by atoms with E-state index in [1.54, 1.807) is 0 Å². The smallest absolute Gasteiger partial charge is 0.107 e. The summed E-state index contributed by atoms with van der Waals surface area (Å²) in [5.74, 6) is 0. The summed E-state index contributed by atoms with van der Waals surface area (Å²) >= 11 is 1.81. The van der Waals surface area contributed by atoms with Crippen LogP contribution >= 0.6 is 11.3 Å². The van der Waals surface area contributed by atoms with Crippen molar-refractivity contribution in [2.75, 3.05) is 20.2 Å². The van der Waals surface area contributed by atoms with Crippen LogP contribution in [0.3, 0.4) is 0 Å². The van der Waals surface area contributed by atoms with Crippen LogP contribution in [0.4, 0.5) is 0 Å². The lowest BCUT2D eigenvalue weighted by Gasteiger charge is -2.14. The molecule has 1 rings (SSSR count). The highest BCUT2D eigenvalue weighted by Crippen LogP contribution is 2.14. The fourth-order valence-corrected chi connectivity index (χ4v) is 2.51. The lowest BCUT2D eigenvalue weighted by Crippen LogP contribution is -2.18. The van der Waals surface area contributed by atoms with Gasteiger partial charge >= 0.3 is 0 Å². The number of aliphatic hydroxyl groups excluding tert-OH is 1. The minimum atomic E-state index is 0.316. The first kappa shape index (κ1) is 13.6. The Morgan fingerprint density at radius 3 is 2.81 bits per heavy atom. The molecule has 0 aliphatic rings. The second-order valence-corrected chi connectivity index (χ2v) is 5.30. The number of hydrogen-bond acceptors (Lipinski definition) is 4. The van der Waals surface area contributed by atoms with E-state index in [-0.39, 0.29) is 0 Å². The summed E-state index contributed by atoms with van der Waals surface area (Å²) < 4.78 is 0. The van der Waals surface area contributed by atoms with Gasteiger partial charge in [0.15, 0.2) is 0 Å². The minimum Gasteiger partial charge on any atom is -0.396 e. The van der Waals surface area contributed by atoms with Crippen LogP contribution in [-0.4, -0.2) is 35.2 Å². The highest BCUT2D eigenvalue weighted by atomic mass is 32.1. The number of aliphatic hydroxyl groups is 1. The SMILES string of the molecule is CCc1cnc(CN(C)CCCCCO)s1. The molecule has 0 aliphatic heterocycles. The zero-order chi connectivity index (χ0) is 11.8. The van der Waals surface area contributed by atoms with E-state index in [9.17, 15) is 0 Å². The molecule has 0 aromatic carbocycles. The maximum atomic E-state index is 8.67. The number of aryl methyl sites for hydroxylation is 1. The van der Waals surface area contributed by atoms with E-state index >= 15 is 0 Å². The molecule has 92 valence electrons. The van der Waals surface area contributed by atoms with Crippen LogP contribution in [0.5, 0.6) is 0 Å². The first-order valence-electron chi connectivity index (χ1n) is 5.99. The quantitative estimate of drug-likeness (QED) is 0.711. The summed E-state index contributed by atoms with van der Waals surface area (Å²) in [5, 5.41) is 9.88. The Kier molecular flexibility index (Phi) is 6.61. The highest BCUT2D eigenvalue weighted by Gasteiger charge is 2.04. The van der Waals surface area contributed by atoms with Crippen LogP contribution < -0.4 is 0 Å². The number of hydrogen-bond donors (Lipinski definition) is 1. The molecule has 1 N–H and O–H groups in total. The van der Waals surface area contributed by atoms with Gasteiger partial charge in [-0.15, -0.1) is 11.3 Å². The molecule has 0 atom stereocenters. The van der Waals surface area contributed by atoms with Crippen LogP contribution in [0.1, 0.15) is 36.1 Å². The number of rotatable bonds is 8. The van der Waals surface area contributed by atoms with Crippen molar-refractivity contribution in [3.63, 3.8) is 0 Å². The van der Waals surface area contributed by atoms with Gasteiger partial charge in [0.25, 0.3) is 0 Å². The van der Waals surface area contributed by atoms with Crippen LogP contribution in [0.25, 0.3) is 0 Å². The summed E-state index contributed by atoms with van der Waals surface area (Å²) in [6.07, 6.45) is 6.25. The molecular weight excluding hydrogens is 220 g/mol. The predicted octanol–water partition coefficient (Wildman–Crippen LogP) is 2.30. The Morgan fingerprint density at radius 1 is 1.38 bits per heavy atom. The van der Waals surface area contributed by atoms with Gasteiger partial charge < -0.3 is 5.11 Å². The second-order valence-electron chi connectivity index (χ2n) is 4.10. The van der Waals surface area contributed by atoms with E-state index in [2.05, 4.69) is 23.9 Å². The van der Waals surface area contributed by atoms with Gasteiger partial charge in [0.1, 0.15) is 5.01 Å². The molecule has 0 bridgehead atoms. The van der Waals surface area contributed by atoms with Gasteiger partial charge in [-0.05, 0) is 39.3 Å². The zero-order valence-electron chi connectivity index (χ0n) is 10.3. The zero-order valence-corrected chi connectivity index (χ0v) is 11.1. The molecule has 0 spiro atoms. The van der Waals surface area contributed by atoms with Gasteiger partial charge in [-0.2, -0.15) is 0 Å². The summed E-state index contributed by atoms with van der Waals surface area (Å²) in [5.41, 5.74) is 0. The van der Waals surface area contributed by atoms with E-state index in [0.29, 0.717) is 6.61 Å². The van der Waals surface area contributed by atoms with Crippen LogP contribution in [-0.2, 0) is 13.0 Å². The Balaban J connectivity index is 2.20. The summed E-state index contributed by atoms with van der Waals surface area (Å²) in [4.78, 5) is 8.07. The molecule has 1 aromatic heterocycles.